The summed E-state index contributed by atoms with van der Waals surface area (Å²) < 4.78 is 33.1. The maximum Gasteiger partial charge on any atom is 0.152 e. The Morgan fingerprint density at radius 3 is 2.70 bits per heavy atom. The monoisotopic (exact) mass is 277 g/mol. The lowest BCUT2D eigenvalue weighted by Crippen LogP contribution is -2.04. The molecule has 4 heteroatoms. The lowest BCUT2D eigenvalue weighted by Gasteiger charge is -2.09. The van der Waals surface area contributed by atoms with E-state index in [1.165, 1.54) is 12.1 Å². The highest BCUT2D eigenvalue weighted by atomic mass is 19.1. The van der Waals surface area contributed by atoms with E-state index in [9.17, 15) is 8.78 Å². The third-order valence-corrected chi connectivity index (χ3v) is 3.88. The SMILES string of the molecule is Cc1ccc(F)c(NCc2ccc(C3CC3C)o2)c1F. The van der Waals surface area contributed by atoms with Crippen LogP contribution in [0.1, 0.15) is 36.3 Å². The number of aryl methyl sites for hydroxylation is 1. The van der Waals surface area contributed by atoms with Crippen molar-refractivity contribution in [2.45, 2.75) is 32.7 Å². The quantitative estimate of drug-likeness (QED) is 0.883. The van der Waals surface area contributed by atoms with Crippen LogP contribution < -0.4 is 5.32 Å². The molecule has 0 saturated heterocycles. The van der Waals surface area contributed by atoms with Gasteiger partial charge in [-0.25, -0.2) is 8.78 Å². The van der Waals surface area contributed by atoms with Crippen LogP contribution in [0, 0.1) is 24.5 Å². The molecule has 1 aromatic heterocycles. The number of anilines is 1. The minimum absolute atomic E-state index is 0.0947. The van der Waals surface area contributed by atoms with Gasteiger partial charge in [-0.05, 0) is 43.0 Å². The molecule has 0 aliphatic heterocycles. The first-order valence-corrected chi connectivity index (χ1v) is 6.83. The van der Waals surface area contributed by atoms with Gasteiger partial charge in [0.2, 0.25) is 0 Å². The smallest absolute Gasteiger partial charge is 0.152 e. The normalized spacial score (nSPS) is 21.0. The fourth-order valence-corrected chi connectivity index (χ4v) is 2.40. The first-order chi connectivity index (χ1) is 9.56. The summed E-state index contributed by atoms with van der Waals surface area (Å²) in [6.45, 7) is 4.07. The summed E-state index contributed by atoms with van der Waals surface area (Å²) in [4.78, 5) is 0. The van der Waals surface area contributed by atoms with E-state index in [0.29, 0.717) is 23.2 Å². The van der Waals surface area contributed by atoms with Crippen molar-refractivity contribution in [1.82, 2.24) is 0 Å². The Morgan fingerprint density at radius 1 is 1.25 bits per heavy atom. The molecule has 3 rings (SSSR count). The number of benzene rings is 1. The maximum absolute atomic E-state index is 13.8. The third kappa shape index (κ3) is 2.42. The van der Waals surface area contributed by atoms with Gasteiger partial charge in [0.15, 0.2) is 5.82 Å². The summed E-state index contributed by atoms with van der Waals surface area (Å²) in [6, 6.07) is 6.50. The molecule has 1 fully saturated rings. The van der Waals surface area contributed by atoms with Crippen molar-refractivity contribution in [2.24, 2.45) is 5.92 Å². The van der Waals surface area contributed by atoms with E-state index >= 15 is 0 Å². The molecule has 2 nitrogen and oxygen atoms in total. The summed E-state index contributed by atoms with van der Waals surface area (Å²) in [6.07, 6.45) is 1.15. The molecule has 0 spiro atoms. The summed E-state index contributed by atoms with van der Waals surface area (Å²) in [5.41, 5.74) is 0.323. The van der Waals surface area contributed by atoms with Crippen LogP contribution in [0.25, 0.3) is 0 Å². The first kappa shape index (κ1) is 13.2. The summed E-state index contributed by atoms with van der Waals surface area (Å²) in [5, 5.41) is 2.78. The zero-order valence-corrected chi connectivity index (χ0v) is 11.5. The summed E-state index contributed by atoms with van der Waals surface area (Å²) in [7, 11) is 0. The molecule has 1 saturated carbocycles. The average Bonchev–Trinajstić information content (AvgIpc) is 2.97. The summed E-state index contributed by atoms with van der Waals surface area (Å²) in [5.74, 6) is 1.71. The zero-order chi connectivity index (χ0) is 14.3. The topological polar surface area (TPSA) is 25.2 Å². The molecule has 1 N–H and O–H groups in total. The molecular formula is C16H17F2NO. The Labute approximate surface area is 116 Å². The van der Waals surface area contributed by atoms with E-state index in [4.69, 9.17) is 4.42 Å². The summed E-state index contributed by atoms with van der Waals surface area (Å²) >= 11 is 0. The number of rotatable bonds is 4. The van der Waals surface area contributed by atoms with Gasteiger partial charge in [0.1, 0.15) is 23.0 Å². The van der Waals surface area contributed by atoms with Crippen molar-refractivity contribution in [1.29, 1.82) is 0 Å². The Morgan fingerprint density at radius 2 is 2.00 bits per heavy atom. The van der Waals surface area contributed by atoms with Crippen LogP contribution in [0.3, 0.4) is 0 Å². The lowest BCUT2D eigenvalue weighted by molar-refractivity contribution is 0.467. The molecule has 2 aromatic rings. The van der Waals surface area contributed by atoms with Crippen molar-refractivity contribution in [3.8, 4) is 0 Å². The Balaban J connectivity index is 1.70. The van der Waals surface area contributed by atoms with Crippen molar-refractivity contribution in [3.05, 3.63) is 53.0 Å². The van der Waals surface area contributed by atoms with Crippen LogP contribution in [0.5, 0.6) is 0 Å². The third-order valence-electron chi connectivity index (χ3n) is 3.88. The maximum atomic E-state index is 13.8. The minimum atomic E-state index is -0.587. The van der Waals surface area contributed by atoms with Gasteiger partial charge in [-0.15, -0.1) is 0 Å². The molecule has 0 radical (unpaired) electrons. The van der Waals surface area contributed by atoms with E-state index in [1.54, 1.807) is 6.92 Å². The van der Waals surface area contributed by atoms with Crippen LogP contribution in [-0.2, 0) is 6.54 Å². The number of furan rings is 1. The second-order valence-electron chi connectivity index (χ2n) is 5.53. The molecule has 0 amide bonds. The Bertz CT molecular complexity index is 635. The van der Waals surface area contributed by atoms with Gasteiger partial charge in [-0.2, -0.15) is 0 Å². The van der Waals surface area contributed by atoms with Crippen LogP contribution >= 0.6 is 0 Å². The molecule has 106 valence electrons. The van der Waals surface area contributed by atoms with Gasteiger partial charge < -0.3 is 9.73 Å². The van der Waals surface area contributed by atoms with Crippen molar-refractivity contribution < 1.29 is 13.2 Å². The predicted molar refractivity (Wildman–Crippen MR) is 73.7 cm³/mol. The molecule has 1 aromatic carbocycles. The molecule has 1 aliphatic carbocycles. The minimum Gasteiger partial charge on any atom is -0.464 e. The Hall–Kier alpha value is -1.84. The Kier molecular flexibility index (Phi) is 3.24. The van der Waals surface area contributed by atoms with Gasteiger partial charge in [0.25, 0.3) is 0 Å². The van der Waals surface area contributed by atoms with Gasteiger partial charge >= 0.3 is 0 Å². The second kappa shape index (κ2) is 4.93. The highest BCUT2D eigenvalue weighted by Gasteiger charge is 2.36. The number of hydrogen-bond acceptors (Lipinski definition) is 2. The standard InChI is InChI=1S/C16H17F2NO/c1-9-3-5-13(17)16(15(9)18)19-8-11-4-6-14(20-11)12-7-10(12)2/h3-6,10,12,19H,7-8H2,1-2H3. The molecule has 1 aliphatic rings. The van der Waals surface area contributed by atoms with E-state index < -0.39 is 11.6 Å². The lowest BCUT2D eigenvalue weighted by atomic mass is 10.2. The van der Waals surface area contributed by atoms with Crippen LogP contribution in [0.2, 0.25) is 0 Å². The van der Waals surface area contributed by atoms with E-state index in [-0.39, 0.29) is 12.2 Å². The zero-order valence-electron chi connectivity index (χ0n) is 11.5. The average molecular weight is 277 g/mol. The van der Waals surface area contributed by atoms with Gasteiger partial charge in [0, 0.05) is 5.92 Å². The highest BCUT2D eigenvalue weighted by molar-refractivity contribution is 5.49. The van der Waals surface area contributed by atoms with E-state index in [2.05, 4.69) is 12.2 Å². The molecular weight excluding hydrogens is 260 g/mol. The molecule has 2 unspecified atom stereocenters. The fourth-order valence-electron chi connectivity index (χ4n) is 2.40. The van der Waals surface area contributed by atoms with Crippen molar-refractivity contribution in [3.63, 3.8) is 0 Å². The first-order valence-electron chi connectivity index (χ1n) is 6.83. The highest BCUT2D eigenvalue weighted by Crippen LogP contribution is 2.47. The van der Waals surface area contributed by atoms with E-state index in [0.717, 1.165) is 12.2 Å². The second-order valence-corrected chi connectivity index (χ2v) is 5.53. The van der Waals surface area contributed by atoms with Crippen LogP contribution in [-0.4, -0.2) is 0 Å². The van der Waals surface area contributed by atoms with Gasteiger partial charge in [-0.1, -0.05) is 13.0 Å². The van der Waals surface area contributed by atoms with Crippen LogP contribution in [0.4, 0.5) is 14.5 Å². The fraction of sp³-hybridized carbons (Fsp3) is 0.375. The molecule has 1 heterocycles. The van der Waals surface area contributed by atoms with Crippen molar-refractivity contribution in [2.75, 3.05) is 5.32 Å². The van der Waals surface area contributed by atoms with Crippen LogP contribution in [0.15, 0.2) is 28.7 Å². The number of hydrogen-bond donors (Lipinski definition) is 1. The molecule has 2 atom stereocenters. The molecule has 20 heavy (non-hydrogen) atoms. The largest absolute Gasteiger partial charge is 0.464 e. The predicted octanol–water partition coefficient (Wildman–Crippen LogP) is 4.60. The van der Waals surface area contributed by atoms with Crippen molar-refractivity contribution >= 4 is 5.69 Å². The van der Waals surface area contributed by atoms with Gasteiger partial charge in [0.05, 0.1) is 6.54 Å². The van der Waals surface area contributed by atoms with Gasteiger partial charge in [-0.3, -0.25) is 0 Å². The molecule has 0 bridgehead atoms. The number of halogens is 2. The number of nitrogens with one attached hydrogen (secondary N) is 1. The van der Waals surface area contributed by atoms with E-state index in [1.807, 2.05) is 12.1 Å².